The molecule has 0 amide bonds. The van der Waals surface area contributed by atoms with Crippen molar-refractivity contribution < 1.29 is 14.9 Å². The molecule has 138 valence electrons. The zero-order chi connectivity index (χ0) is 17.0. The number of carbonyl (C=O) groups is 1. The summed E-state index contributed by atoms with van der Waals surface area (Å²) in [7, 11) is 0. The summed E-state index contributed by atoms with van der Waals surface area (Å²) in [6.45, 7) is 2.27. The van der Waals surface area contributed by atoms with E-state index in [1.807, 2.05) is 0 Å². The average molecular weight is 329 g/mol. The minimum Gasteiger partial charge on any atom is -0.301 e. The minimum atomic E-state index is -0.508. The van der Waals surface area contributed by atoms with Gasteiger partial charge in [0.15, 0.2) is 0 Å². The van der Waals surface area contributed by atoms with Gasteiger partial charge < -0.3 is 4.89 Å². The highest BCUT2D eigenvalue weighted by Crippen LogP contribution is 2.14. The van der Waals surface area contributed by atoms with Crippen molar-refractivity contribution in [2.75, 3.05) is 0 Å². The van der Waals surface area contributed by atoms with Crippen LogP contribution in [0.15, 0.2) is 0 Å². The third-order valence-corrected chi connectivity index (χ3v) is 4.59. The maximum Gasteiger partial charge on any atom is 0.342 e. The van der Waals surface area contributed by atoms with E-state index in [0.29, 0.717) is 6.42 Å². The van der Waals surface area contributed by atoms with Crippen molar-refractivity contribution in [3.05, 3.63) is 0 Å². The normalized spacial score (nSPS) is 10.9. The molecule has 0 heterocycles. The zero-order valence-electron chi connectivity index (χ0n) is 15.5. The molecule has 0 saturated heterocycles. The highest BCUT2D eigenvalue weighted by atomic mass is 17.1. The van der Waals surface area contributed by atoms with E-state index in [-0.39, 0.29) is 0 Å². The minimum absolute atomic E-state index is 0.342. The molecular weight excluding hydrogens is 288 g/mol. The highest BCUT2D eigenvalue weighted by Gasteiger charge is 2.00. The first-order chi connectivity index (χ1) is 11.3. The smallest absolute Gasteiger partial charge is 0.301 e. The molecule has 0 aromatic rings. The number of hydrogen-bond donors (Lipinski definition) is 1. The van der Waals surface area contributed by atoms with Crippen LogP contribution in [0.2, 0.25) is 0 Å². The van der Waals surface area contributed by atoms with Crippen LogP contribution in [0.5, 0.6) is 0 Å². The molecular formula is C20H40O3. The molecule has 0 saturated carbocycles. The van der Waals surface area contributed by atoms with E-state index in [9.17, 15) is 4.79 Å². The fourth-order valence-electron chi connectivity index (χ4n) is 3.04. The second kappa shape index (κ2) is 19.5. The molecule has 3 nitrogen and oxygen atoms in total. The summed E-state index contributed by atoms with van der Waals surface area (Å²) in [5, 5.41) is 8.12. The zero-order valence-corrected chi connectivity index (χ0v) is 15.5. The van der Waals surface area contributed by atoms with Gasteiger partial charge >= 0.3 is 5.97 Å². The van der Waals surface area contributed by atoms with Crippen molar-refractivity contribution in [1.29, 1.82) is 0 Å². The molecule has 0 atom stereocenters. The fraction of sp³-hybridized carbons (Fsp3) is 0.950. The molecule has 0 fully saturated rings. The lowest BCUT2D eigenvalue weighted by Gasteiger charge is -2.03. The summed E-state index contributed by atoms with van der Waals surface area (Å²) >= 11 is 0. The number of rotatable bonds is 18. The Bertz CT molecular complexity index is 241. The molecule has 0 bridgehead atoms. The highest BCUT2D eigenvalue weighted by molar-refractivity contribution is 5.68. The molecule has 23 heavy (non-hydrogen) atoms. The predicted octanol–water partition coefficient (Wildman–Crippen LogP) is 7.04. The largest absolute Gasteiger partial charge is 0.342 e. The van der Waals surface area contributed by atoms with Gasteiger partial charge in [0.1, 0.15) is 0 Å². The van der Waals surface area contributed by atoms with Crippen molar-refractivity contribution in [1.82, 2.24) is 0 Å². The van der Waals surface area contributed by atoms with E-state index in [1.54, 1.807) is 0 Å². The third-order valence-electron chi connectivity index (χ3n) is 4.59. The summed E-state index contributed by atoms with van der Waals surface area (Å²) < 4.78 is 0. The van der Waals surface area contributed by atoms with Gasteiger partial charge in [-0.1, -0.05) is 110 Å². The van der Waals surface area contributed by atoms with Crippen LogP contribution < -0.4 is 0 Å². The second-order valence-electron chi connectivity index (χ2n) is 6.87. The van der Waals surface area contributed by atoms with Gasteiger partial charge in [-0.2, -0.15) is 5.26 Å². The summed E-state index contributed by atoms with van der Waals surface area (Å²) in [5.41, 5.74) is 0. The van der Waals surface area contributed by atoms with Gasteiger partial charge in [-0.05, 0) is 6.42 Å². The summed E-state index contributed by atoms with van der Waals surface area (Å²) in [5.74, 6) is -0.508. The molecule has 0 aliphatic rings. The third kappa shape index (κ3) is 19.4. The molecule has 1 N–H and O–H groups in total. The standard InChI is InChI=1S/C20H40O3/c1-2-3-4-5-6-7-8-9-10-11-12-13-14-15-16-17-18-19-20(21)23-22/h22H,2-19H2,1H3. The molecule has 0 aliphatic heterocycles. The lowest BCUT2D eigenvalue weighted by molar-refractivity contribution is -0.234. The Morgan fingerprint density at radius 3 is 1.22 bits per heavy atom. The van der Waals surface area contributed by atoms with Crippen molar-refractivity contribution in [2.45, 2.75) is 122 Å². The van der Waals surface area contributed by atoms with Crippen molar-refractivity contribution >= 4 is 5.97 Å². The predicted molar refractivity (Wildman–Crippen MR) is 97.5 cm³/mol. The topological polar surface area (TPSA) is 46.5 Å². The van der Waals surface area contributed by atoms with Gasteiger partial charge in [-0.15, -0.1) is 0 Å². The van der Waals surface area contributed by atoms with E-state index in [1.165, 1.54) is 96.3 Å². The van der Waals surface area contributed by atoms with Crippen molar-refractivity contribution in [3.63, 3.8) is 0 Å². The van der Waals surface area contributed by atoms with E-state index < -0.39 is 5.97 Å². The van der Waals surface area contributed by atoms with Crippen LogP contribution in [-0.2, 0) is 9.68 Å². The molecule has 0 radical (unpaired) electrons. The van der Waals surface area contributed by atoms with Gasteiger partial charge in [0, 0.05) is 6.42 Å². The summed E-state index contributed by atoms with van der Waals surface area (Å²) in [6, 6.07) is 0. The molecule has 0 aromatic heterocycles. The molecule has 0 unspecified atom stereocenters. The van der Waals surface area contributed by atoms with Crippen LogP contribution in [0.25, 0.3) is 0 Å². The SMILES string of the molecule is CCCCCCCCCCCCCCCCCCCC(=O)OO. The molecule has 0 aromatic carbocycles. The average Bonchev–Trinajstić information content (AvgIpc) is 2.57. The van der Waals surface area contributed by atoms with Crippen LogP contribution >= 0.6 is 0 Å². The number of carbonyl (C=O) groups excluding carboxylic acids is 1. The van der Waals surface area contributed by atoms with E-state index in [0.717, 1.165) is 12.8 Å². The Kier molecular flexibility index (Phi) is 19.0. The number of unbranched alkanes of at least 4 members (excludes halogenated alkanes) is 16. The van der Waals surface area contributed by atoms with Gasteiger partial charge in [0.25, 0.3) is 0 Å². The van der Waals surface area contributed by atoms with E-state index in [4.69, 9.17) is 5.26 Å². The maximum atomic E-state index is 10.7. The Hall–Kier alpha value is -0.570. The van der Waals surface area contributed by atoms with Crippen LogP contribution in [0.4, 0.5) is 0 Å². The van der Waals surface area contributed by atoms with Gasteiger partial charge in [0.2, 0.25) is 0 Å². The van der Waals surface area contributed by atoms with Crippen LogP contribution in [0.3, 0.4) is 0 Å². The molecule has 0 spiro atoms. The van der Waals surface area contributed by atoms with E-state index in [2.05, 4.69) is 11.8 Å². The number of hydrogen-bond acceptors (Lipinski definition) is 3. The van der Waals surface area contributed by atoms with Gasteiger partial charge in [-0.25, -0.2) is 4.79 Å². The Morgan fingerprint density at radius 2 is 0.913 bits per heavy atom. The Labute approximate surface area is 144 Å². The lowest BCUT2D eigenvalue weighted by Crippen LogP contribution is -1.99. The quantitative estimate of drug-likeness (QED) is 0.167. The fourth-order valence-corrected chi connectivity index (χ4v) is 3.04. The van der Waals surface area contributed by atoms with Crippen LogP contribution in [-0.4, -0.2) is 11.2 Å². The molecule has 0 aliphatic carbocycles. The maximum absolute atomic E-state index is 10.7. The summed E-state index contributed by atoms with van der Waals surface area (Å²) in [6.07, 6.45) is 22.9. The first kappa shape index (κ1) is 22.4. The second-order valence-corrected chi connectivity index (χ2v) is 6.87. The Balaban J connectivity index is 2.99. The van der Waals surface area contributed by atoms with Gasteiger partial charge in [0.05, 0.1) is 0 Å². The van der Waals surface area contributed by atoms with Gasteiger partial charge in [-0.3, -0.25) is 0 Å². The molecule has 0 rings (SSSR count). The van der Waals surface area contributed by atoms with Crippen molar-refractivity contribution in [3.8, 4) is 0 Å². The van der Waals surface area contributed by atoms with Crippen molar-refractivity contribution in [2.24, 2.45) is 0 Å². The monoisotopic (exact) mass is 328 g/mol. The Morgan fingerprint density at radius 1 is 0.609 bits per heavy atom. The van der Waals surface area contributed by atoms with Crippen LogP contribution in [0, 0.1) is 0 Å². The lowest BCUT2D eigenvalue weighted by atomic mass is 10.0. The summed E-state index contributed by atoms with van der Waals surface area (Å²) in [4.78, 5) is 14.3. The first-order valence-electron chi connectivity index (χ1n) is 10.2. The van der Waals surface area contributed by atoms with Crippen LogP contribution in [0.1, 0.15) is 122 Å². The first-order valence-corrected chi connectivity index (χ1v) is 10.2. The molecule has 3 heteroatoms. The van der Waals surface area contributed by atoms with E-state index >= 15 is 0 Å².